The Bertz CT molecular complexity index is 459. The molecule has 0 spiro atoms. The summed E-state index contributed by atoms with van der Waals surface area (Å²) in [5.41, 5.74) is 1.96. The standard InChI is InChI=1S/C15H19N3O/c16-11-13-1-3-14(4-2-13)18-6-5-15(12-18)17-7-9-19-10-8-17/h1-4,15H,5-10,12H2. The molecule has 1 unspecified atom stereocenters. The minimum atomic E-state index is 0.652. The van der Waals surface area contributed by atoms with Crippen LogP contribution < -0.4 is 4.90 Å². The van der Waals surface area contributed by atoms with Crippen LogP contribution >= 0.6 is 0 Å². The van der Waals surface area contributed by atoms with E-state index in [0.717, 1.165) is 45.0 Å². The molecule has 2 fully saturated rings. The van der Waals surface area contributed by atoms with Gasteiger partial charge in [0.25, 0.3) is 0 Å². The average molecular weight is 257 g/mol. The van der Waals surface area contributed by atoms with E-state index in [1.807, 2.05) is 12.1 Å². The van der Waals surface area contributed by atoms with Crippen molar-refractivity contribution < 1.29 is 4.74 Å². The molecule has 0 aliphatic carbocycles. The fourth-order valence-corrected chi connectivity index (χ4v) is 2.96. The molecule has 4 nitrogen and oxygen atoms in total. The second-order valence-electron chi connectivity index (χ2n) is 5.20. The highest BCUT2D eigenvalue weighted by atomic mass is 16.5. The van der Waals surface area contributed by atoms with Crippen molar-refractivity contribution in [1.82, 2.24) is 4.90 Å². The van der Waals surface area contributed by atoms with Crippen LogP contribution in [0, 0.1) is 11.3 Å². The largest absolute Gasteiger partial charge is 0.379 e. The summed E-state index contributed by atoms with van der Waals surface area (Å²) in [6, 6.07) is 10.7. The van der Waals surface area contributed by atoms with E-state index in [-0.39, 0.29) is 0 Å². The Balaban J connectivity index is 1.63. The molecule has 0 bridgehead atoms. The minimum absolute atomic E-state index is 0.652. The van der Waals surface area contributed by atoms with Crippen molar-refractivity contribution >= 4 is 5.69 Å². The van der Waals surface area contributed by atoms with E-state index < -0.39 is 0 Å². The lowest BCUT2D eigenvalue weighted by molar-refractivity contribution is 0.0209. The molecule has 2 heterocycles. The van der Waals surface area contributed by atoms with E-state index >= 15 is 0 Å². The normalized spacial score (nSPS) is 24.4. The zero-order chi connectivity index (χ0) is 13.1. The van der Waals surface area contributed by atoms with Crippen molar-refractivity contribution in [2.75, 3.05) is 44.3 Å². The Kier molecular flexibility index (Phi) is 3.67. The number of morpholine rings is 1. The topological polar surface area (TPSA) is 39.5 Å². The molecule has 100 valence electrons. The molecule has 0 amide bonds. The van der Waals surface area contributed by atoms with Crippen molar-refractivity contribution in [1.29, 1.82) is 5.26 Å². The summed E-state index contributed by atoms with van der Waals surface area (Å²) in [5, 5.41) is 8.82. The van der Waals surface area contributed by atoms with Gasteiger partial charge in [0, 0.05) is 37.9 Å². The molecule has 19 heavy (non-hydrogen) atoms. The van der Waals surface area contributed by atoms with Gasteiger partial charge in [0.05, 0.1) is 24.8 Å². The van der Waals surface area contributed by atoms with Crippen LogP contribution in [0.2, 0.25) is 0 Å². The first kappa shape index (κ1) is 12.5. The molecule has 1 aromatic rings. The van der Waals surface area contributed by atoms with Crippen LogP contribution in [0.4, 0.5) is 5.69 Å². The van der Waals surface area contributed by atoms with Crippen molar-refractivity contribution in [2.24, 2.45) is 0 Å². The van der Waals surface area contributed by atoms with Crippen LogP contribution in [-0.2, 0) is 4.74 Å². The van der Waals surface area contributed by atoms with Crippen LogP contribution in [0.3, 0.4) is 0 Å². The Morgan fingerprint density at radius 3 is 2.53 bits per heavy atom. The highest BCUT2D eigenvalue weighted by molar-refractivity contribution is 5.50. The monoisotopic (exact) mass is 257 g/mol. The summed E-state index contributed by atoms with van der Waals surface area (Å²) in [5.74, 6) is 0. The number of ether oxygens (including phenoxy) is 1. The van der Waals surface area contributed by atoms with Gasteiger partial charge in [0.15, 0.2) is 0 Å². The molecule has 0 N–H and O–H groups in total. The van der Waals surface area contributed by atoms with Crippen molar-refractivity contribution in [3.05, 3.63) is 29.8 Å². The SMILES string of the molecule is N#Cc1ccc(N2CCC(N3CCOCC3)C2)cc1. The number of hydrogen-bond acceptors (Lipinski definition) is 4. The summed E-state index contributed by atoms with van der Waals surface area (Å²) < 4.78 is 5.41. The lowest BCUT2D eigenvalue weighted by atomic mass is 10.2. The van der Waals surface area contributed by atoms with Crippen LogP contribution in [0.1, 0.15) is 12.0 Å². The Labute approximate surface area is 114 Å². The first-order valence-corrected chi connectivity index (χ1v) is 6.94. The number of hydrogen-bond donors (Lipinski definition) is 0. The van der Waals surface area contributed by atoms with Crippen molar-refractivity contribution in [2.45, 2.75) is 12.5 Å². The van der Waals surface area contributed by atoms with Gasteiger partial charge in [0.1, 0.15) is 0 Å². The van der Waals surface area contributed by atoms with Gasteiger partial charge < -0.3 is 9.64 Å². The summed E-state index contributed by atoms with van der Waals surface area (Å²) in [4.78, 5) is 4.97. The third kappa shape index (κ3) is 2.73. The van der Waals surface area contributed by atoms with E-state index in [2.05, 4.69) is 28.0 Å². The molecule has 0 saturated carbocycles. The fourth-order valence-electron chi connectivity index (χ4n) is 2.96. The van der Waals surface area contributed by atoms with Crippen molar-refractivity contribution in [3.63, 3.8) is 0 Å². The zero-order valence-corrected chi connectivity index (χ0v) is 11.1. The number of anilines is 1. The first-order chi connectivity index (χ1) is 9.36. The number of nitrogens with zero attached hydrogens (tertiary/aromatic N) is 3. The predicted molar refractivity (Wildman–Crippen MR) is 74.2 cm³/mol. The number of nitriles is 1. The highest BCUT2D eigenvalue weighted by Crippen LogP contribution is 2.23. The van der Waals surface area contributed by atoms with E-state index in [9.17, 15) is 0 Å². The quantitative estimate of drug-likeness (QED) is 0.804. The maximum Gasteiger partial charge on any atom is 0.0991 e. The highest BCUT2D eigenvalue weighted by Gasteiger charge is 2.28. The van der Waals surface area contributed by atoms with Gasteiger partial charge in [-0.05, 0) is 30.7 Å². The van der Waals surface area contributed by atoms with Gasteiger partial charge in [-0.3, -0.25) is 4.90 Å². The zero-order valence-electron chi connectivity index (χ0n) is 11.1. The lowest BCUT2D eigenvalue weighted by Gasteiger charge is -2.32. The van der Waals surface area contributed by atoms with Gasteiger partial charge in [-0.25, -0.2) is 0 Å². The van der Waals surface area contributed by atoms with E-state index in [4.69, 9.17) is 10.00 Å². The molecule has 0 aromatic heterocycles. The van der Waals surface area contributed by atoms with Crippen LogP contribution in [-0.4, -0.2) is 50.3 Å². The Morgan fingerprint density at radius 2 is 1.84 bits per heavy atom. The second-order valence-corrected chi connectivity index (χ2v) is 5.20. The van der Waals surface area contributed by atoms with Gasteiger partial charge in [-0.1, -0.05) is 0 Å². The lowest BCUT2D eigenvalue weighted by Crippen LogP contribution is -2.44. The van der Waals surface area contributed by atoms with E-state index in [1.165, 1.54) is 12.1 Å². The summed E-state index contributed by atoms with van der Waals surface area (Å²) in [6.45, 7) is 6.05. The third-order valence-electron chi connectivity index (χ3n) is 4.09. The molecule has 3 rings (SSSR count). The maximum atomic E-state index is 8.82. The van der Waals surface area contributed by atoms with Gasteiger partial charge >= 0.3 is 0 Å². The van der Waals surface area contributed by atoms with E-state index in [0.29, 0.717) is 6.04 Å². The molecular weight excluding hydrogens is 238 g/mol. The van der Waals surface area contributed by atoms with Gasteiger partial charge in [-0.15, -0.1) is 0 Å². The molecule has 2 aliphatic heterocycles. The Hall–Kier alpha value is -1.57. The minimum Gasteiger partial charge on any atom is -0.379 e. The van der Waals surface area contributed by atoms with Crippen LogP contribution in [0.15, 0.2) is 24.3 Å². The van der Waals surface area contributed by atoms with E-state index in [1.54, 1.807) is 0 Å². The van der Waals surface area contributed by atoms with Crippen LogP contribution in [0.5, 0.6) is 0 Å². The molecule has 4 heteroatoms. The molecule has 1 aromatic carbocycles. The smallest absolute Gasteiger partial charge is 0.0991 e. The molecule has 0 radical (unpaired) electrons. The molecule has 2 aliphatic rings. The number of benzene rings is 1. The maximum absolute atomic E-state index is 8.82. The summed E-state index contributed by atoms with van der Waals surface area (Å²) in [6.07, 6.45) is 1.22. The van der Waals surface area contributed by atoms with Gasteiger partial charge in [-0.2, -0.15) is 5.26 Å². The predicted octanol–water partition coefficient (Wildman–Crippen LogP) is 1.47. The first-order valence-electron chi connectivity index (χ1n) is 6.94. The third-order valence-corrected chi connectivity index (χ3v) is 4.09. The van der Waals surface area contributed by atoms with Gasteiger partial charge in [0.2, 0.25) is 0 Å². The summed E-state index contributed by atoms with van der Waals surface area (Å²) >= 11 is 0. The fraction of sp³-hybridized carbons (Fsp3) is 0.533. The second kappa shape index (κ2) is 5.60. The molecular formula is C15H19N3O. The molecule has 1 atom stereocenters. The summed E-state index contributed by atoms with van der Waals surface area (Å²) in [7, 11) is 0. The van der Waals surface area contributed by atoms with Crippen molar-refractivity contribution in [3.8, 4) is 6.07 Å². The molecule has 2 saturated heterocycles. The van der Waals surface area contributed by atoms with Crippen LogP contribution in [0.25, 0.3) is 0 Å². The number of rotatable bonds is 2. The Morgan fingerprint density at radius 1 is 1.11 bits per heavy atom. The average Bonchev–Trinajstić information content (AvgIpc) is 2.98.